The minimum atomic E-state index is -1.38. The summed E-state index contributed by atoms with van der Waals surface area (Å²) < 4.78 is 5.34. The third-order valence-electron chi connectivity index (χ3n) is 5.43. The van der Waals surface area contributed by atoms with Crippen molar-refractivity contribution in [2.45, 2.75) is 99.1 Å². The van der Waals surface area contributed by atoms with Crippen LogP contribution in [0.4, 0.5) is 4.79 Å². The molecule has 0 aromatic carbocycles. The number of aliphatic hydroxyl groups excluding tert-OH is 1. The molecule has 0 aromatic heterocycles. The van der Waals surface area contributed by atoms with E-state index in [-0.39, 0.29) is 24.7 Å². The lowest BCUT2D eigenvalue weighted by Gasteiger charge is -2.38. The molecule has 1 rings (SSSR count). The highest BCUT2D eigenvalue weighted by Gasteiger charge is 2.39. The summed E-state index contributed by atoms with van der Waals surface area (Å²) in [5, 5.41) is 13.3. The number of likely N-dealkylation sites (N-methyl/N-ethyl adjacent to an activating group) is 1. The molecule has 0 saturated carbocycles. The number of hydrogen-bond donors (Lipinski definition) is 2. The molecule has 9 heteroatoms. The van der Waals surface area contributed by atoms with Crippen LogP contribution in [0.15, 0.2) is 11.6 Å². The first-order valence-corrected chi connectivity index (χ1v) is 11.3. The standard InChI is InChI=1S/C24H41N3O6/c1-14(2)16(13-15(3)20(30)27-17(28)11-12-18(27)29)26(10)21(31)19(23(4,5)6)25-22(32)33-24(7,8)9/h13-14,16,19-20,30H,11-12H2,1-10H3,(H,25,32)/b15-13+/t16?,19-,20+/m1/s1. The van der Waals surface area contributed by atoms with Crippen molar-refractivity contribution in [1.82, 2.24) is 15.1 Å². The number of aliphatic hydroxyl groups is 1. The monoisotopic (exact) mass is 467 g/mol. The molecule has 1 saturated heterocycles. The number of nitrogens with one attached hydrogen (secondary N) is 1. The van der Waals surface area contributed by atoms with E-state index < -0.39 is 47.2 Å². The van der Waals surface area contributed by atoms with Gasteiger partial charge in [0.05, 0.1) is 6.04 Å². The lowest BCUT2D eigenvalue weighted by Crippen LogP contribution is -2.57. The molecule has 2 N–H and O–H groups in total. The van der Waals surface area contributed by atoms with Crippen molar-refractivity contribution in [3.63, 3.8) is 0 Å². The Kier molecular flexibility index (Phi) is 9.25. The summed E-state index contributed by atoms with van der Waals surface area (Å²) in [5.74, 6) is -1.20. The van der Waals surface area contributed by atoms with Crippen LogP contribution in [0.3, 0.4) is 0 Å². The predicted molar refractivity (Wildman–Crippen MR) is 125 cm³/mol. The summed E-state index contributed by atoms with van der Waals surface area (Å²) in [5.41, 5.74) is -0.914. The first kappa shape index (κ1) is 28.6. The van der Waals surface area contributed by atoms with Crippen molar-refractivity contribution in [3.05, 3.63) is 11.6 Å². The zero-order valence-electron chi connectivity index (χ0n) is 21.7. The SMILES string of the molecule is C/C(=C\C(C(C)C)N(C)C(=O)[C@@H](NC(=O)OC(C)(C)C)C(C)(C)C)[C@H](O)N1C(=O)CCC1=O. The molecular formula is C24H41N3O6. The Morgan fingerprint density at radius 3 is 1.97 bits per heavy atom. The molecule has 9 nitrogen and oxygen atoms in total. The van der Waals surface area contributed by atoms with Gasteiger partial charge in [-0.25, -0.2) is 4.79 Å². The van der Waals surface area contributed by atoms with Crippen LogP contribution >= 0.6 is 0 Å². The van der Waals surface area contributed by atoms with E-state index in [9.17, 15) is 24.3 Å². The fourth-order valence-electron chi connectivity index (χ4n) is 3.60. The molecule has 4 amide bonds. The fourth-order valence-corrected chi connectivity index (χ4v) is 3.60. The highest BCUT2D eigenvalue weighted by molar-refractivity contribution is 6.02. The van der Waals surface area contributed by atoms with Gasteiger partial charge in [-0.05, 0) is 44.6 Å². The normalized spacial score (nSPS) is 18.3. The van der Waals surface area contributed by atoms with E-state index in [1.165, 1.54) is 4.90 Å². The van der Waals surface area contributed by atoms with Crippen LogP contribution in [0.1, 0.15) is 75.2 Å². The molecule has 0 bridgehead atoms. The first-order chi connectivity index (χ1) is 14.9. The van der Waals surface area contributed by atoms with Crippen LogP contribution in [0.25, 0.3) is 0 Å². The highest BCUT2D eigenvalue weighted by atomic mass is 16.6. The van der Waals surface area contributed by atoms with Crippen LogP contribution < -0.4 is 5.32 Å². The summed E-state index contributed by atoms with van der Waals surface area (Å²) in [6.07, 6.45) is -0.203. The Morgan fingerprint density at radius 2 is 1.58 bits per heavy atom. The maximum absolute atomic E-state index is 13.5. The summed E-state index contributed by atoms with van der Waals surface area (Å²) >= 11 is 0. The zero-order valence-corrected chi connectivity index (χ0v) is 21.7. The van der Waals surface area contributed by atoms with Gasteiger partial charge in [0.25, 0.3) is 0 Å². The van der Waals surface area contributed by atoms with Crippen molar-refractivity contribution in [2.24, 2.45) is 11.3 Å². The number of carbonyl (C=O) groups excluding carboxylic acids is 4. The Balaban J connectivity index is 3.17. The number of ether oxygens (including phenoxy) is 1. The lowest BCUT2D eigenvalue weighted by molar-refractivity contribution is -0.147. The number of alkyl carbamates (subject to hydrolysis) is 1. The van der Waals surface area contributed by atoms with Gasteiger partial charge in [-0.1, -0.05) is 40.7 Å². The van der Waals surface area contributed by atoms with E-state index in [1.54, 1.807) is 40.8 Å². The Hall–Kier alpha value is -2.42. The number of carbonyl (C=O) groups is 4. The van der Waals surface area contributed by atoms with Crippen LogP contribution in [0, 0.1) is 11.3 Å². The van der Waals surface area contributed by atoms with E-state index in [0.29, 0.717) is 5.57 Å². The second-order valence-corrected chi connectivity index (χ2v) is 11.1. The van der Waals surface area contributed by atoms with Crippen LogP contribution in [-0.2, 0) is 19.1 Å². The lowest BCUT2D eigenvalue weighted by atomic mass is 9.85. The molecule has 3 atom stereocenters. The van der Waals surface area contributed by atoms with Gasteiger partial charge in [-0.15, -0.1) is 0 Å². The van der Waals surface area contributed by atoms with Gasteiger partial charge in [0, 0.05) is 19.9 Å². The molecular weight excluding hydrogens is 426 g/mol. The van der Waals surface area contributed by atoms with Crippen molar-refractivity contribution in [3.8, 4) is 0 Å². The van der Waals surface area contributed by atoms with Crippen LogP contribution in [0.2, 0.25) is 0 Å². The smallest absolute Gasteiger partial charge is 0.408 e. The summed E-state index contributed by atoms with van der Waals surface area (Å²) in [4.78, 5) is 52.3. The summed E-state index contributed by atoms with van der Waals surface area (Å²) in [6.45, 7) is 16.2. The zero-order chi connectivity index (χ0) is 25.9. The molecule has 188 valence electrons. The third kappa shape index (κ3) is 7.84. The first-order valence-electron chi connectivity index (χ1n) is 11.3. The molecule has 0 spiro atoms. The third-order valence-corrected chi connectivity index (χ3v) is 5.43. The Labute approximate surface area is 197 Å². The van der Waals surface area contributed by atoms with Crippen LogP contribution in [-0.4, -0.2) is 69.7 Å². The minimum absolute atomic E-state index is 0.0479. The van der Waals surface area contributed by atoms with Gasteiger partial charge in [0.1, 0.15) is 11.6 Å². The van der Waals surface area contributed by atoms with Crippen LogP contribution in [0.5, 0.6) is 0 Å². The van der Waals surface area contributed by atoms with E-state index in [4.69, 9.17) is 4.74 Å². The number of imide groups is 1. The molecule has 1 fully saturated rings. The number of amides is 4. The fraction of sp³-hybridized carbons (Fsp3) is 0.750. The molecule has 1 aliphatic heterocycles. The topological polar surface area (TPSA) is 116 Å². The van der Waals surface area contributed by atoms with Crippen molar-refractivity contribution < 1.29 is 29.0 Å². The minimum Gasteiger partial charge on any atom is -0.444 e. The van der Waals surface area contributed by atoms with Gasteiger partial charge in [-0.3, -0.25) is 19.3 Å². The molecule has 33 heavy (non-hydrogen) atoms. The molecule has 0 aliphatic carbocycles. The number of likely N-dealkylation sites (tertiary alicyclic amines) is 1. The van der Waals surface area contributed by atoms with Gasteiger partial charge < -0.3 is 20.1 Å². The maximum Gasteiger partial charge on any atom is 0.408 e. The second kappa shape index (κ2) is 10.7. The van der Waals surface area contributed by atoms with Gasteiger partial charge in [-0.2, -0.15) is 0 Å². The van der Waals surface area contributed by atoms with Gasteiger partial charge in [0.15, 0.2) is 6.23 Å². The summed E-state index contributed by atoms with van der Waals surface area (Å²) in [6, 6.07) is -1.32. The highest BCUT2D eigenvalue weighted by Crippen LogP contribution is 2.25. The Morgan fingerprint density at radius 1 is 1.09 bits per heavy atom. The van der Waals surface area contributed by atoms with Crippen molar-refractivity contribution >= 4 is 23.8 Å². The van der Waals surface area contributed by atoms with Crippen molar-refractivity contribution in [1.29, 1.82) is 0 Å². The average Bonchev–Trinajstić information content (AvgIpc) is 2.97. The molecule has 0 radical (unpaired) electrons. The molecule has 1 aliphatic rings. The van der Waals surface area contributed by atoms with E-state index in [0.717, 1.165) is 4.90 Å². The quantitative estimate of drug-likeness (QED) is 0.439. The van der Waals surface area contributed by atoms with Crippen molar-refractivity contribution in [2.75, 3.05) is 7.05 Å². The molecule has 1 unspecified atom stereocenters. The van der Waals surface area contributed by atoms with E-state index in [2.05, 4.69) is 5.32 Å². The van der Waals surface area contributed by atoms with E-state index in [1.807, 2.05) is 34.6 Å². The predicted octanol–water partition coefficient (Wildman–Crippen LogP) is 2.82. The number of nitrogens with zero attached hydrogens (tertiary/aromatic N) is 2. The number of rotatable bonds is 7. The largest absolute Gasteiger partial charge is 0.444 e. The maximum atomic E-state index is 13.5. The second-order valence-electron chi connectivity index (χ2n) is 11.1. The summed E-state index contributed by atoms with van der Waals surface area (Å²) in [7, 11) is 1.63. The van der Waals surface area contributed by atoms with Gasteiger partial charge >= 0.3 is 6.09 Å². The molecule has 0 aromatic rings. The molecule has 1 heterocycles. The van der Waals surface area contributed by atoms with E-state index >= 15 is 0 Å². The van der Waals surface area contributed by atoms with Gasteiger partial charge in [0.2, 0.25) is 17.7 Å². The Bertz CT molecular complexity index is 775. The average molecular weight is 468 g/mol. The number of hydrogen-bond acceptors (Lipinski definition) is 6.